The van der Waals surface area contributed by atoms with Gasteiger partial charge >= 0.3 is 6.18 Å². The van der Waals surface area contributed by atoms with Crippen LogP contribution in [0.25, 0.3) is 17.7 Å². The SMILES string of the molecule is C=Cc1[nH]nc(NC(=O)c2ccc(N3CCN(C)CC3)cc2)c1/C=C(\C)c1c(F)cccc1C(F)(F)F.CCC. The van der Waals surface area contributed by atoms with Crippen LogP contribution in [-0.4, -0.2) is 54.2 Å². The number of allylic oxidation sites excluding steroid dienone is 1. The van der Waals surface area contributed by atoms with E-state index >= 15 is 0 Å². The molecule has 3 aromatic rings. The molecule has 1 fully saturated rings. The van der Waals surface area contributed by atoms with Gasteiger partial charge in [-0.2, -0.15) is 18.3 Å². The number of alkyl halides is 3. The topological polar surface area (TPSA) is 64.3 Å². The van der Waals surface area contributed by atoms with Crippen LogP contribution >= 0.6 is 0 Å². The van der Waals surface area contributed by atoms with Gasteiger partial charge in [-0.3, -0.25) is 9.89 Å². The maximum absolute atomic E-state index is 14.5. The summed E-state index contributed by atoms with van der Waals surface area (Å²) in [6.07, 6.45) is -0.726. The lowest BCUT2D eigenvalue weighted by molar-refractivity contribution is -0.138. The first-order chi connectivity index (χ1) is 19.0. The van der Waals surface area contributed by atoms with E-state index in [-0.39, 0.29) is 17.0 Å². The lowest BCUT2D eigenvalue weighted by Gasteiger charge is -2.34. The molecule has 6 nitrogen and oxygen atoms in total. The van der Waals surface area contributed by atoms with Crippen molar-refractivity contribution in [3.8, 4) is 0 Å². The maximum atomic E-state index is 14.5. The minimum atomic E-state index is -4.74. The van der Waals surface area contributed by atoms with Crippen molar-refractivity contribution in [2.75, 3.05) is 43.4 Å². The molecule has 0 unspecified atom stereocenters. The highest BCUT2D eigenvalue weighted by atomic mass is 19.4. The Bertz CT molecular complexity index is 1340. The second-order valence-corrected chi connectivity index (χ2v) is 9.59. The number of hydrogen-bond acceptors (Lipinski definition) is 4. The van der Waals surface area contributed by atoms with Crippen LogP contribution in [0, 0.1) is 5.82 Å². The first-order valence-electron chi connectivity index (χ1n) is 13.1. The van der Waals surface area contributed by atoms with Gasteiger partial charge in [-0.15, -0.1) is 0 Å². The highest BCUT2D eigenvalue weighted by Crippen LogP contribution is 2.37. The van der Waals surface area contributed by atoms with E-state index in [0.29, 0.717) is 11.3 Å². The van der Waals surface area contributed by atoms with Crippen LogP contribution in [0.3, 0.4) is 0 Å². The number of carbonyl (C=O) groups is 1. The number of H-pyrrole nitrogens is 1. The monoisotopic (exact) mass is 557 g/mol. The molecule has 0 spiro atoms. The average Bonchev–Trinajstić information content (AvgIpc) is 3.29. The van der Waals surface area contributed by atoms with E-state index in [1.54, 1.807) is 12.1 Å². The number of nitrogens with zero attached hydrogens (tertiary/aromatic N) is 3. The van der Waals surface area contributed by atoms with Gasteiger partial charge in [-0.25, -0.2) is 4.39 Å². The molecule has 2 aromatic carbocycles. The van der Waals surface area contributed by atoms with Gasteiger partial charge in [-0.05, 0) is 68.1 Å². The fourth-order valence-electron chi connectivity index (χ4n) is 4.28. The third-order valence-electron chi connectivity index (χ3n) is 6.34. The molecule has 1 aliphatic rings. The Morgan fingerprint density at radius 1 is 1.10 bits per heavy atom. The number of likely N-dealkylation sites (N-methyl/N-ethyl adjacent to an activating group) is 1. The van der Waals surface area contributed by atoms with Gasteiger partial charge < -0.3 is 15.1 Å². The molecule has 4 rings (SSSR count). The van der Waals surface area contributed by atoms with Crippen molar-refractivity contribution in [2.24, 2.45) is 0 Å². The molecular weight excluding hydrogens is 522 g/mol. The number of halogens is 4. The molecule has 214 valence electrons. The molecular formula is C30H35F4N5O. The Kier molecular flexibility index (Phi) is 10.3. The molecule has 10 heteroatoms. The van der Waals surface area contributed by atoms with Crippen molar-refractivity contribution < 1.29 is 22.4 Å². The zero-order chi connectivity index (χ0) is 29.4. The third-order valence-corrected chi connectivity index (χ3v) is 6.34. The van der Waals surface area contributed by atoms with Crippen LogP contribution in [0.4, 0.5) is 29.1 Å². The molecule has 1 aliphatic heterocycles. The van der Waals surface area contributed by atoms with Crippen LogP contribution in [0.5, 0.6) is 0 Å². The van der Waals surface area contributed by atoms with E-state index in [1.165, 1.54) is 25.5 Å². The minimum Gasteiger partial charge on any atom is -0.369 e. The number of rotatable bonds is 6. The number of carbonyl (C=O) groups excluding carboxylic acids is 1. The van der Waals surface area contributed by atoms with Crippen molar-refractivity contribution >= 4 is 35.1 Å². The highest BCUT2D eigenvalue weighted by Gasteiger charge is 2.35. The van der Waals surface area contributed by atoms with Gasteiger partial charge in [0.2, 0.25) is 0 Å². The highest BCUT2D eigenvalue weighted by molar-refractivity contribution is 6.05. The van der Waals surface area contributed by atoms with E-state index in [9.17, 15) is 22.4 Å². The van der Waals surface area contributed by atoms with E-state index in [4.69, 9.17) is 0 Å². The first kappa shape index (κ1) is 30.6. The number of aromatic amines is 1. The zero-order valence-corrected chi connectivity index (χ0v) is 23.2. The Morgan fingerprint density at radius 2 is 1.73 bits per heavy atom. The maximum Gasteiger partial charge on any atom is 0.417 e. The van der Waals surface area contributed by atoms with Crippen LogP contribution in [0.2, 0.25) is 0 Å². The molecule has 2 heterocycles. The lowest BCUT2D eigenvalue weighted by Crippen LogP contribution is -2.44. The van der Waals surface area contributed by atoms with Crippen molar-refractivity contribution in [1.82, 2.24) is 15.1 Å². The van der Waals surface area contributed by atoms with Crippen LogP contribution < -0.4 is 10.2 Å². The molecule has 0 aliphatic carbocycles. The minimum absolute atomic E-state index is 0.0157. The number of piperazine rings is 1. The molecule has 2 N–H and O–H groups in total. The van der Waals surface area contributed by atoms with E-state index < -0.39 is 29.0 Å². The fourth-order valence-corrected chi connectivity index (χ4v) is 4.28. The second-order valence-electron chi connectivity index (χ2n) is 9.59. The predicted molar refractivity (Wildman–Crippen MR) is 154 cm³/mol. The summed E-state index contributed by atoms with van der Waals surface area (Å²) in [5.41, 5.74) is 0.418. The molecule has 0 saturated carbocycles. The van der Waals surface area contributed by atoms with E-state index in [2.05, 4.69) is 52.8 Å². The molecule has 0 bridgehead atoms. The van der Waals surface area contributed by atoms with Gasteiger partial charge in [-0.1, -0.05) is 32.9 Å². The molecule has 1 amide bonds. The van der Waals surface area contributed by atoms with Crippen molar-refractivity contribution in [2.45, 2.75) is 33.4 Å². The normalized spacial score (nSPS) is 14.4. The predicted octanol–water partition coefficient (Wildman–Crippen LogP) is 7.19. The zero-order valence-electron chi connectivity index (χ0n) is 23.2. The summed E-state index contributed by atoms with van der Waals surface area (Å²) in [6, 6.07) is 9.99. The number of nitrogens with one attached hydrogen (secondary N) is 2. The Balaban J connectivity index is 0.00000141. The van der Waals surface area contributed by atoms with E-state index in [1.807, 2.05) is 12.1 Å². The quantitative estimate of drug-likeness (QED) is 0.315. The summed E-state index contributed by atoms with van der Waals surface area (Å²) in [5.74, 6) is -1.35. The summed E-state index contributed by atoms with van der Waals surface area (Å²) < 4.78 is 55.1. The van der Waals surface area contributed by atoms with Gasteiger partial charge in [0.1, 0.15) is 5.82 Å². The Labute approximate surface area is 232 Å². The van der Waals surface area contributed by atoms with Crippen molar-refractivity contribution in [3.05, 3.63) is 82.8 Å². The summed E-state index contributed by atoms with van der Waals surface area (Å²) in [6.45, 7) is 13.0. The fraction of sp³-hybridized carbons (Fsp3) is 0.333. The van der Waals surface area contributed by atoms with Crippen LogP contribution in [-0.2, 0) is 6.18 Å². The Morgan fingerprint density at radius 3 is 2.30 bits per heavy atom. The van der Waals surface area contributed by atoms with Crippen LogP contribution in [0.15, 0.2) is 49.0 Å². The van der Waals surface area contributed by atoms with E-state index in [0.717, 1.165) is 50.1 Å². The number of hydrogen-bond donors (Lipinski definition) is 2. The molecule has 1 aromatic heterocycles. The summed E-state index contributed by atoms with van der Waals surface area (Å²) in [5, 5.41) is 9.48. The molecule has 0 atom stereocenters. The third kappa shape index (κ3) is 7.38. The Hall–Kier alpha value is -3.92. The summed E-state index contributed by atoms with van der Waals surface area (Å²) in [4.78, 5) is 17.4. The largest absolute Gasteiger partial charge is 0.417 e. The van der Waals surface area contributed by atoms with Gasteiger partial charge in [0, 0.05) is 48.6 Å². The number of anilines is 2. The molecule has 40 heavy (non-hydrogen) atoms. The smallest absolute Gasteiger partial charge is 0.369 e. The van der Waals surface area contributed by atoms with Gasteiger partial charge in [0.25, 0.3) is 5.91 Å². The number of aromatic nitrogens is 2. The van der Waals surface area contributed by atoms with Crippen molar-refractivity contribution in [1.29, 1.82) is 0 Å². The molecule has 1 saturated heterocycles. The number of amides is 1. The lowest BCUT2D eigenvalue weighted by atomic mass is 9.97. The second kappa shape index (κ2) is 13.4. The first-order valence-corrected chi connectivity index (χ1v) is 13.1. The average molecular weight is 558 g/mol. The van der Waals surface area contributed by atoms with Gasteiger partial charge in [0.15, 0.2) is 5.82 Å². The number of benzene rings is 2. The summed E-state index contributed by atoms with van der Waals surface area (Å²) >= 11 is 0. The standard InChI is InChI=1S/C27H27F4N5O.C3H8/c1-4-23-20(16-17(2)24-21(27(29,30)31)6-5-7-22(24)28)25(34-33-23)32-26(37)18-8-10-19(11-9-18)36-14-12-35(3)13-15-36;1-3-2/h4-11,16H,1,12-15H2,2-3H3,(H2,32,33,34,37);3H2,1-2H3/b17-16+;. The van der Waals surface area contributed by atoms with Gasteiger partial charge in [0.05, 0.1) is 11.3 Å². The summed E-state index contributed by atoms with van der Waals surface area (Å²) in [7, 11) is 2.08. The van der Waals surface area contributed by atoms with Crippen LogP contribution in [0.1, 0.15) is 59.9 Å². The molecule has 0 radical (unpaired) electrons. The van der Waals surface area contributed by atoms with Crippen molar-refractivity contribution in [3.63, 3.8) is 0 Å².